The van der Waals surface area contributed by atoms with E-state index in [9.17, 15) is 9.18 Å². The SMILES string of the molecule is CCN(CC)C(=O)Oc1ccc(F)c(Cl)c1C1CCNCC1. The number of nitrogens with zero attached hydrogens (tertiary/aromatic N) is 1. The second-order valence-electron chi connectivity index (χ2n) is 5.34. The first-order valence-electron chi connectivity index (χ1n) is 7.73. The summed E-state index contributed by atoms with van der Waals surface area (Å²) in [6.07, 6.45) is 1.26. The van der Waals surface area contributed by atoms with Gasteiger partial charge in [-0.2, -0.15) is 0 Å². The lowest BCUT2D eigenvalue weighted by atomic mass is 9.89. The molecule has 2 rings (SSSR count). The van der Waals surface area contributed by atoms with E-state index >= 15 is 0 Å². The summed E-state index contributed by atoms with van der Waals surface area (Å²) in [5, 5.41) is 3.33. The van der Waals surface area contributed by atoms with Gasteiger partial charge in [0.15, 0.2) is 0 Å². The van der Waals surface area contributed by atoms with Crippen LogP contribution in [0.25, 0.3) is 0 Å². The van der Waals surface area contributed by atoms with E-state index in [0.29, 0.717) is 24.4 Å². The quantitative estimate of drug-likeness (QED) is 0.914. The molecule has 0 bridgehead atoms. The van der Waals surface area contributed by atoms with Crippen LogP contribution in [-0.4, -0.2) is 37.2 Å². The van der Waals surface area contributed by atoms with Crippen molar-refractivity contribution < 1.29 is 13.9 Å². The molecule has 0 unspecified atom stereocenters. The van der Waals surface area contributed by atoms with Gasteiger partial charge < -0.3 is 15.0 Å². The highest BCUT2D eigenvalue weighted by Gasteiger charge is 2.25. The number of carbonyl (C=O) groups excluding carboxylic acids is 1. The van der Waals surface area contributed by atoms with Crippen molar-refractivity contribution in [1.29, 1.82) is 0 Å². The number of nitrogens with one attached hydrogen (secondary N) is 1. The molecule has 0 aromatic heterocycles. The van der Waals surface area contributed by atoms with E-state index in [2.05, 4.69) is 5.32 Å². The number of carbonyl (C=O) groups is 1. The Morgan fingerprint density at radius 3 is 2.59 bits per heavy atom. The zero-order chi connectivity index (χ0) is 16.1. The Kier molecular flexibility index (Phi) is 6.03. The average molecular weight is 329 g/mol. The fourth-order valence-electron chi connectivity index (χ4n) is 2.77. The monoisotopic (exact) mass is 328 g/mol. The molecule has 1 N–H and O–H groups in total. The van der Waals surface area contributed by atoms with Crippen LogP contribution < -0.4 is 10.1 Å². The summed E-state index contributed by atoms with van der Waals surface area (Å²) in [5.74, 6) is -0.00279. The molecule has 1 heterocycles. The predicted octanol–water partition coefficient (Wildman–Crippen LogP) is 3.79. The summed E-state index contributed by atoms with van der Waals surface area (Å²) < 4.78 is 19.3. The molecule has 0 radical (unpaired) electrons. The third-order valence-electron chi connectivity index (χ3n) is 4.06. The molecule has 4 nitrogen and oxygen atoms in total. The summed E-state index contributed by atoms with van der Waals surface area (Å²) >= 11 is 6.16. The van der Waals surface area contributed by atoms with Gasteiger partial charge in [0.25, 0.3) is 0 Å². The standard InChI is InChI=1S/C16H22ClFN2O2/c1-3-20(4-2)16(21)22-13-6-5-12(18)15(17)14(13)11-7-9-19-10-8-11/h5-6,11,19H,3-4,7-10H2,1-2H3. The predicted molar refractivity (Wildman–Crippen MR) is 85.2 cm³/mol. The van der Waals surface area contributed by atoms with Gasteiger partial charge in [-0.3, -0.25) is 0 Å². The molecule has 1 fully saturated rings. The zero-order valence-corrected chi connectivity index (χ0v) is 13.8. The fraction of sp³-hybridized carbons (Fsp3) is 0.562. The number of rotatable bonds is 4. The van der Waals surface area contributed by atoms with Crippen LogP contribution in [0.3, 0.4) is 0 Å². The normalized spacial score (nSPS) is 15.6. The Bertz CT molecular complexity index is 529. The Labute approximate surface area is 135 Å². The number of halogens is 2. The Hall–Kier alpha value is -1.33. The van der Waals surface area contributed by atoms with Crippen LogP contribution in [0.15, 0.2) is 12.1 Å². The van der Waals surface area contributed by atoms with Crippen molar-refractivity contribution in [2.24, 2.45) is 0 Å². The summed E-state index contributed by atoms with van der Waals surface area (Å²) in [6.45, 7) is 6.59. The largest absolute Gasteiger partial charge is 0.415 e. The fourth-order valence-corrected chi connectivity index (χ4v) is 3.08. The molecule has 0 saturated carbocycles. The highest BCUT2D eigenvalue weighted by atomic mass is 35.5. The molecule has 1 aliphatic rings. The van der Waals surface area contributed by atoms with Gasteiger partial charge in [0, 0.05) is 18.7 Å². The maximum Gasteiger partial charge on any atom is 0.415 e. The van der Waals surface area contributed by atoms with Crippen molar-refractivity contribution in [3.05, 3.63) is 28.5 Å². The third-order valence-corrected chi connectivity index (χ3v) is 4.44. The summed E-state index contributed by atoms with van der Waals surface area (Å²) in [7, 11) is 0. The molecule has 22 heavy (non-hydrogen) atoms. The van der Waals surface area contributed by atoms with Crippen LogP contribution in [-0.2, 0) is 0 Å². The minimum Gasteiger partial charge on any atom is -0.410 e. The van der Waals surface area contributed by atoms with E-state index in [4.69, 9.17) is 16.3 Å². The molecule has 1 aromatic carbocycles. The van der Waals surface area contributed by atoms with Crippen LogP contribution in [0.4, 0.5) is 9.18 Å². The van der Waals surface area contributed by atoms with Crippen molar-refractivity contribution >= 4 is 17.7 Å². The number of benzene rings is 1. The van der Waals surface area contributed by atoms with Gasteiger partial charge in [-0.05, 0) is 57.8 Å². The molecule has 0 atom stereocenters. The number of ether oxygens (including phenoxy) is 1. The zero-order valence-electron chi connectivity index (χ0n) is 13.0. The molecular formula is C16H22ClFN2O2. The van der Waals surface area contributed by atoms with Crippen molar-refractivity contribution in [1.82, 2.24) is 10.2 Å². The van der Waals surface area contributed by atoms with Gasteiger partial charge >= 0.3 is 6.09 Å². The topological polar surface area (TPSA) is 41.6 Å². The number of amides is 1. The highest BCUT2D eigenvalue weighted by molar-refractivity contribution is 6.31. The van der Waals surface area contributed by atoms with E-state index in [1.807, 2.05) is 13.8 Å². The summed E-state index contributed by atoms with van der Waals surface area (Å²) in [6, 6.07) is 2.75. The van der Waals surface area contributed by atoms with Crippen LogP contribution in [0.2, 0.25) is 5.02 Å². The first-order valence-corrected chi connectivity index (χ1v) is 8.11. The van der Waals surface area contributed by atoms with Crippen molar-refractivity contribution in [2.75, 3.05) is 26.2 Å². The molecule has 0 aliphatic carbocycles. The van der Waals surface area contributed by atoms with Crippen molar-refractivity contribution in [3.63, 3.8) is 0 Å². The molecule has 1 aliphatic heterocycles. The molecule has 122 valence electrons. The minimum absolute atomic E-state index is 0.0664. The Balaban J connectivity index is 2.30. The van der Waals surface area contributed by atoms with E-state index in [-0.39, 0.29) is 10.9 Å². The van der Waals surface area contributed by atoms with Crippen LogP contribution in [0, 0.1) is 5.82 Å². The second kappa shape index (κ2) is 7.79. The first-order chi connectivity index (χ1) is 10.6. The van der Waals surface area contributed by atoms with Crippen LogP contribution in [0.5, 0.6) is 5.75 Å². The number of piperidine rings is 1. The lowest BCUT2D eigenvalue weighted by Gasteiger charge is -2.26. The molecule has 0 spiro atoms. The van der Waals surface area contributed by atoms with Gasteiger partial charge in [-0.25, -0.2) is 9.18 Å². The van der Waals surface area contributed by atoms with Crippen molar-refractivity contribution in [3.8, 4) is 5.75 Å². The lowest BCUT2D eigenvalue weighted by molar-refractivity contribution is 0.156. The first kappa shape index (κ1) is 17.0. The van der Waals surface area contributed by atoms with E-state index in [1.165, 1.54) is 12.1 Å². The van der Waals surface area contributed by atoms with Gasteiger partial charge in [0.1, 0.15) is 11.6 Å². The van der Waals surface area contributed by atoms with Gasteiger partial charge in [-0.1, -0.05) is 11.6 Å². The third kappa shape index (κ3) is 3.70. The average Bonchev–Trinajstić information content (AvgIpc) is 2.53. The van der Waals surface area contributed by atoms with Gasteiger partial charge in [0.05, 0.1) is 5.02 Å². The maximum absolute atomic E-state index is 13.8. The molecule has 1 aromatic rings. The molecular weight excluding hydrogens is 307 g/mol. The second-order valence-corrected chi connectivity index (χ2v) is 5.72. The van der Waals surface area contributed by atoms with Gasteiger partial charge in [0.2, 0.25) is 0 Å². The molecule has 1 saturated heterocycles. The van der Waals surface area contributed by atoms with Crippen LogP contribution in [0.1, 0.15) is 38.2 Å². The Morgan fingerprint density at radius 1 is 1.36 bits per heavy atom. The molecule has 1 amide bonds. The van der Waals surface area contributed by atoms with E-state index in [1.54, 1.807) is 4.90 Å². The van der Waals surface area contributed by atoms with Crippen LogP contribution >= 0.6 is 11.6 Å². The highest BCUT2D eigenvalue weighted by Crippen LogP contribution is 2.39. The maximum atomic E-state index is 13.8. The lowest BCUT2D eigenvalue weighted by Crippen LogP contribution is -2.33. The van der Waals surface area contributed by atoms with E-state index in [0.717, 1.165) is 25.9 Å². The number of hydrogen-bond donors (Lipinski definition) is 1. The van der Waals surface area contributed by atoms with E-state index < -0.39 is 11.9 Å². The minimum atomic E-state index is -0.474. The van der Waals surface area contributed by atoms with Gasteiger partial charge in [-0.15, -0.1) is 0 Å². The summed E-state index contributed by atoms with van der Waals surface area (Å²) in [5.41, 5.74) is 0.615. The Morgan fingerprint density at radius 2 is 2.00 bits per heavy atom. The van der Waals surface area contributed by atoms with Crippen molar-refractivity contribution in [2.45, 2.75) is 32.6 Å². The summed E-state index contributed by atoms with van der Waals surface area (Å²) in [4.78, 5) is 13.7. The smallest absolute Gasteiger partial charge is 0.410 e. The molecule has 6 heteroatoms. The number of hydrogen-bond acceptors (Lipinski definition) is 3.